The van der Waals surface area contributed by atoms with Gasteiger partial charge in [0.15, 0.2) is 0 Å². The molecule has 1 N–H and O–H groups in total. The van der Waals surface area contributed by atoms with Crippen molar-refractivity contribution in [1.29, 1.82) is 0 Å². The van der Waals surface area contributed by atoms with Crippen LogP contribution in [0, 0.1) is 5.92 Å². The van der Waals surface area contributed by atoms with Crippen LogP contribution < -0.4 is 15.4 Å². The van der Waals surface area contributed by atoms with E-state index >= 15 is 0 Å². The van der Waals surface area contributed by atoms with Crippen molar-refractivity contribution in [2.75, 3.05) is 32.1 Å². The zero-order chi connectivity index (χ0) is 22.9. The van der Waals surface area contributed by atoms with Crippen molar-refractivity contribution in [3.8, 4) is 0 Å². The van der Waals surface area contributed by atoms with Gasteiger partial charge in [0.25, 0.3) is 5.56 Å². The monoisotopic (exact) mass is 460 g/mol. The van der Waals surface area contributed by atoms with Crippen molar-refractivity contribution < 1.29 is 4.90 Å². The van der Waals surface area contributed by atoms with Crippen molar-refractivity contribution in [2.24, 2.45) is 5.92 Å². The fourth-order valence-corrected chi connectivity index (χ4v) is 5.64. The summed E-state index contributed by atoms with van der Waals surface area (Å²) in [5.74, 6) is 0.966. The Morgan fingerprint density at radius 1 is 1.00 bits per heavy atom. The van der Waals surface area contributed by atoms with Crippen LogP contribution in [-0.2, 0) is 13.1 Å². The molecule has 4 nitrogen and oxygen atoms in total. The Bertz CT molecular complexity index is 1210. The van der Waals surface area contributed by atoms with E-state index < -0.39 is 0 Å². The molecule has 2 aromatic carbocycles. The molecular weight excluding hydrogens is 430 g/mol. The third-order valence-electron chi connectivity index (χ3n) is 7.05. The second kappa shape index (κ2) is 9.20. The maximum absolute atomic E-state index is 12.7. The Morgan fingerprint density at radius 2 is 1.76 bits per heavy atom. The largest absolute Gasteiger partial charge is 0.378 e. The van der Waals surface area contributed by atoms with E-state index in [1.807, 2.05) is 34.9 Å². The lowest BCUT2D eigenvalue weighted by molar-refractivity contribution is -0.924. The quantitative estimate of drug-likeness (QED) is 0.625. The van der Waals surface area contributed by atoms with Crippen LogP contribution in [0.1, 0.15) is 34.7 Å². The van der Waals surface area contributed by atoms with Gasteiger partial charge in [-0.2, -0.15) is 0 Å². The van der Waals surface area contributed by atoms with Gasteiger partial charge in [0, 0.05) is 60.5 Å². The van der Waals surface area contributed by atoms with Gasteiger partial charge in [-0.25, -0.2) is 0 Å². The zero-order valence-corrected chi connectivity index (χ0v) is 20.1. The first-order chi connectivity index (χ1) is 16.0. The second-order valence-corrected chi connectivity index (χ2v) is 10.1. The average Bonchev–Trinajstić information content (AvgIpc) is 2.80. The number of benzene rings is 2. The first-order valence-corrected chi connectivity index (χ1v) is 12.1. The van der Waals surface area contributed by atoms with Crippen LogP contribution >= 0.6 is 11.6 Å². The molecule has 2 aliphatic heterocycles. The van der Waals surface area contributed by atoms with Crippen LogP contribution in [0.15, 0.2) is 65.5 Å². The smallest absolute Gasteiger partial charge is 0.250 e. The number of nitrogens with one attached hydrogen (secondary N) is 1. The van der Waals surface area contributed by atoms with E-state index in [9.17, 15) is 4.79 Å². The maximum atomic E-state index is 12.7. The van der Waals surface area contributed by atoms with Crippen LogP contribution in [-0.4, -0.2) is 31.8 Å². The molecule has 0 saturated carbocycles. The lowest BCUT2D eigenvalue weighted by Gasteiger charge is -2.41. The Balaban J connectivity index is 1.39. The molecule has 0 radical (unpaired) electrons. The van der Waals surface area contributed by atoms with Gasteiger partial charge in [0.1, 0.15) is 6.54 Å². The first-order valence-electron chi connectivity index (χ1n) is 11.7. The fourth-order valence-electron chi connectivity index (χ4n) is 5.52. The van der Waals surface area contributed by atoms with Gasteiger partial charge in [-0.1, -0.05) is 48.0 Å². The summed E-state index contributed by atoms with van der Waals surface area (Å²) in [6.07, 6.45) is 5.44. The predicted octanol–water partition coefficient (Wildman–Crippen LogP) is 3.94. The van der Waals surface area contributed by atoms with Crippen LogP contribution in [0.4, 0.5) is 5.69 Å². The molecule has 1 aromatic heterocycles. The maximum Gasteiger partial charge on any atom is 0.250 e. The highest BCUT2D eigenvalue weighted by Crippen LogP contribution is 2.33. The third-order valence-corrected chi connectivity index (χ3v) is 7.30. The highest BCUT2D eigenvalue weighted by molar-refractivity contribution is 6.30. The van der Waals surface area contributed by atoms with Gasteiger partial charge < -0.3 is 14.4 Å². The molecule has 1 unspecified atom stereocenters. The van der Waals surface area contributed by atoms with Crippen molar-refractivity contribution in [3.05, 3.63) is 98.4 Å². The first kappa shape index (κ1) is 22.0. The van der Waals surface area contributed by atoms with Gasteiger partial charge in [-0.05, 0) is 47.9 Å². The Kier molecular flexibility index (Phi) is 6.13. The lowest BCUT2D eigenvalue weighted by Crippen LogP contribution is -3.13. The van der Waals surface area contributed by atoms with Gasteiger partial charge in [-0.3, -0.25) is 4.79 Å². The normalized spacial score (nSPS) is 21.7. The van der Waals surface area contributed by atoms with Crippen LogP contribution in [0.25, 0.3) is 12.2 Å². The summed E-state index contributed by atoms with van der Waals surface area (Å²) in [4.78, 5) is 16.5. The molecule has 3 aromatic rings. The van der Waals surface area contributed by atoms with Crippen molar-refractivity contribution in [1.82, 2.24) is 4.57 Å². The summed E-state index contributed by atoms with van der Waals surface area (Å²) in [6, 6.07) is 20.5. The Hall–Kier alpha value is -2.82. The minimum Gasteiger partial charge on any atom is -0.378 e. The number of pyridine rings is 1. The van der Waals surface area contributed by atoms with Gasteiger partial charge in [0.2, 0.25) is 0 Å². The summed E-state index contributed by atoms with van der Waals surface area (Å²) < 4.78 is 2.04. The zero-order valence-electron chi connectivity index (χ0n) is 19.3. The second-order valence-electron chi connectivity index (χ2n) is 9.70. The highest BCUT2D eigenvalue weighted by Gasteiger charge is 2.38. The molecular formula is C28H31ClN3O+. The van der Waals surface area contributed by atoms with Crippen LogP contribution in [0.5, 0.6) is 0 Å². The SMILES string of the molecule is CN(C)c1ccc(C[NH+]2C[C@@H]3C[C@H](C2)c2c(/C=C/c4ccc(Cl)cc4)ccc(=O)n2C3)cc1. The number of nitrogens with zero attached hydrogens (tertiary/aromatic N) is 2. The summed E-state index contributed by atoms with van der Waals surface area (Å²) in [5, 5.41) is 0.739. The number of halogens is 1. The molecule has 5 heteroatoms. The van der Waals surface area contributed by atoms with E-state index in [2.05, 4.69) is 55.4 Å². The number of likely N-dealkylation sites (tertiary alicyclic amines) is 1. The van der Waals surface area contributed by atoms with E-state index in [0.717, 1.165) is 42.3 Å². The van der Waals surface area contributed by atoms with Gasteiger partial charge >= 0.3 is 0 Å². The molecule has 33 heavy (non-hydrogen) atoms. The molecule has 2 aliphatic rings. The van der Waals surface area contributed by atoms with E-state index in [4.69, 9.17) is 11.6 Å². The summed E-state index contributed by atoms with van der Waals surface area (Å²) in [6.45, 7) is 4.06. The average molecular weight is 461 g/mol. The molecule has 1 saturated heterocycles. The summed E-state index contributed by atoms with van der Waals surface area (Å²) in [5.41, 5.74) is 6.22. The molecule has 0 amide bonds. The van der Waals surface area contributed by atoms with Crippen LogP contribution in [0.3, 0.4) is 0 Å². The number of hydrogen-bond donors (Lipinski definition) is 1. The number of rotatable bonds is 5. The third kappa shape index (κ3) is 4.78. The van der Waals surface area contributed by atoms with Crippen molar-refractivity contribution >= 4 is 29.4 Å². The van der Waals surface area contributed by atoms with Crippen molar-refractivity contribution in [3.63, 3.8) is 0 Å². The summed E-state index contributed by atoms with van der Waals surface area (Å²) in [7, 11) is 4.15. The van der Waals surface area contributed by atoms with Crippen LogP contribution in [0.2, 0.25) is 5.02 Å². The minimum absolute atomic E-state index is 0.131. The number of anilines is 1. The number of aromatic nitrogens is 1. The van der Waals surface area contributed by atoms with Gasteiger partial charge in [0.05, 0.1) is 13.1 Å². The molecule has 170 valence electrons. The molecule has 0 aliphatic carbocycles. The Morgan fingerprint density at radius 3 is 2.48 bits per heavy atom. The van der Waals surface area contributed by atoms with E-state index in [1.54, 1.807) is 11.0 Å². The highest BCUT2D eigenvalue weighted by atomic mass is 35.5. The molecule has 5 rings (SSSR count). The predicted molar refractivity (Wildman–Crippen MR) is 137 cm³/mol. The Labute approximate surface area is 200 Å². The molecule has 1 fully saturated rings. The topological polar surface area (TPSA) is 29.7 Å². The number of piperidine rings is 1. The standard InChI is InChI=1S/C28H30ClN3O/c1-30(2)26-12-6-21(7-13-26)16-31-17-22-15-24(19-31)28-23(9-14-27(33)32(28)18-22)8-3-20-4-10-25(29)11-5-20/h3-14,22,24H,15-19H2,1-2H3/p+1/b8-3+/t22-,24+/m0/s1. The van der Waals surface area contributed by atoms with Crippen molar-refractivity contribution in [2.45, 2.75) is 25.4 Å². The molecule has 0 spiro atoms. The number of hydrogen-bond acceptors (Lipinski definition) is 2. The summed E-state index contributed by atoms with van der Waals surface area (Å²) >= 11 is 6.03. The molecule has 3 heterocycles. The van der Waals surface area contributed by atoms with Gasteiger partial charge in [-0.15, -0.1) is 0 Å². The fraction of sp³-hybridized carbons (Fsp3) is 0.321. The molecule has 2 bridgehead atoms. The number of quaternary nitrogens is 1. The minimum atomic E-state index is 0.131. The lowest BCUT2D eigenvalue weighted by atomic mass is 9.81. The van der Waals surface area contributed by atoms with E-state index in [-0.39, 0.29) is 5.56 Å². The number of fused-ring (bicyclic) bond motifs is 4. The molecule has 3 atom stereocenters. The van der Waals surface area contributed by atoms with E-state index in [0.29, 0.717) is 11.8 Å². The van der Waals surface area contributed by atoms with E-state index in [1.165, 1.54) is 23.4 Å².